The van der Waals surface area contributed by atoms with Crippen molar-refractivity contribution in [3.8, 4) is 0 Å². The average molecular weight is 288 g/mol. The van der Waals surface area contributed by atoms with Gasteiger partial charge in [-0.05, 0) is 31.5 Å². The zero-order chi connectivity index (χ0) is 13.8. The van der Waals surface area contributed by atoms with Crippen LogP contribution in [0.1, 0.15) is 33.6 Å². The molecule has 6 heteroatoms. The molecule has 0 bridgehead atoms. The third-order valence-corrected chi connectivity index (χ3v) is 4.40. The van der Waals surface area contributed by atoms with E-state index in [0.717, 1.165) is 36.6 Å². The molecule has 1 aromatic carbocycles. The van der Waals surface area contributed by atoms with E-state index in [1.54, 1.807) is 0 Å². The number of rotatable bonds is 3. The van der Waals surface area contributed by atoms with Crippen LogP contribution in [0.2, 0.25) is 0 Å². The molecule has 1 amide bonds. The fraction of sp³-hybridized carbons (Fsp3) is 0.357. The molecule has 0 spiro atoms. The van der Waals surface area contributed by atoms with Gasteiger partial charge in [0.25, 0.3) is 5.91 Å². The van der Waals surface area contributed by atoms with E-state index in [4.69, 9.17) is 0 Å². The highest BCUT2D eigenvalue weighted by molar-refractivity contribution is 7.13. The molecule has 2 N–H and O–H groups in total. The van der Waals surface area contributed by atoms with Gasteiger partial charge in [0, 0.05) is 18.2 Å². The maximum atomic E-state index is 12.1. The number of anilines is 1. The van der Waals surface area contributed by atoms with Crippen LogP contribution in [-0.4, -0.2) is 29.2 Å². The van der Waals surface area contributed by atoms with E-state index in [1.165, 1.54) is 11.3 Å². The van der Waals surface area contributed by atoms with Crippen molar-refractivity contribution in [2.24, 2.45) is 0 Å². The molecule has 1 fully saturated rings. The van der Waals surface area contributed by atoms with Crippen molar-refractivity contribution in [2.75, 3.05) is 18.4 Å². The second-order valence-corrected chi connectivity index (χ2v) is 5.82. The van der Waals surface area contributed by atoms with Gasteiger partial charge in [-0.25, -0.2) is 0 Å². The van der Waals surface area contributed by atoms with E-state index in [-0.39, 0.29) is 5.91 Å². The lowest BCUT2D eigenvalue weighted by molar-refractivity contribution is 0.102. The molecule has 2 heterocycles. The van der Waals surface area contributed by atoms with E-state index < -0.39 is 0 Å². The molecule has 1 saturated heterocycles. The van der Waals surface area contributed by atoms with E-state index in [2.05, 4.69) is 20.8 Å². The van der Waals surface area contributed by atoms with Crippen molar-refractivity contribution < 1.29 is 4.79 Å². The molecule has 0 unspecified atom stereocenters. The summed E-state index contributed by atoms with van der Waals surface area (Å²) in [6.45, 7) is 1.99. The van der Waals surface area contributed by atoms with Crippen molar-refractivity contribution in [3.63, 3.8) is 0 Å². The SMILES string of the molecule is O=C(Nc1ccccc1)c1nnc([C@H]2CCCNC2)s1. The minimum atomic E-state index is -0.191. The third-order valence-electron chi connectivity index (χ3n) is 3.31. The first-order valence-electron chi connectivity index (χ1n) is 6.73. The van der Waals surface area contributed by atoms with Crippen LogP contribution in [0.5, 0.6) is 0 Å². The van der Waals surface area contributed by atoms with Gasteiger partial charge < -0.3 is 10.6 Å². The Bertz CT molecular complexity index is 578. The standard InChI is InChI=1S/C14H16N4OS/c19-12(16-11-6-2-1-3-7-11)14-18-17-13(20-14)10-5-4-8-15-9-10/h1-3,6-7,10,15H,4-5,8-9H2,(H,16,19)/t10-/m0/s1. The number of hydrogen-bond acceptors (Lipinski definition) is 5. The van der Waals surface area contributed by atoms with Crippen LogP contribution in [0.3, 0.4) is 0 Å². The number of nitrogens with one attached hydrogen (secondary N) is 2. The number of nitrogens with zero attached hydrogens (tertiary/aromatic N) is 2. The van der Waals surface area contributed by atoms with Gasteiger partial charge >= 0.3 is 0 Å². The molecule has 1 aromatic heterocycles. The molecule has 2 aromatic rings. The molecule has 0 radical (unpaired) electrons. The van der Waals surface area contributed by atoms with Gasteiger partial charge in [0.15, 0.2) is 0 Å². The second-order valence-electron chi connectivity index (χ2n) is 4.81. The Labute approximate surface area is 121 Å². The number of amides is 1. The Kier molecular flexibility index (Phi) is 4.03. The predicted octanol–water partition coefficient (Wildman–Crippen LogP) is 2.26. The summed E-state index contributed by atoms with van der Waals surface area (Å²) in [4.78, 5) is 12.1. The van der Waals surface area contributed by atoms with E-state index >= 15 is 0 Å². The fourth-order valence-electron chi connectivity index (χ4n) is 2.26. The Morgan fingerprint density at radius 1 is 1.30 bits per heavy atom. The maximum absolute atomic E-state index is 12.1. The first-order chi connectivity index (χ1) is 9.83. The molecule has 0 saturated carbocycles. The van der Waals surface area contributed by atoms with Crippen molar-refractivity contribution >= 4 is 22.9 Å². The Hall–Kier alpha value is -1.79. The number of carbonyl (C=O) groups is 1. The summed E-state index contributed by atoms with van der Waals surface area (Å²) >= 11 is 1.39. The van der Waals surface area contributed by atoms with E-state index in [1.807, 2.05) is 30.3 Å². The van der Waals surface area contributed by atoms with Crippen molar-refractivity contribution in [3.05, 3.63) is 40.3 Å². The van der Waals surface area contributed by atoms with Crippen LogP contribution in [-0.2, 0) is 0 Å². The minimum Gasteiger partial charge on any atom is -0.320 e. The summed E-state index contributed by atoms with van der Waals surface area (Å²) in [6.07, 6.45) is 2.26. The molecule has 1 aliphatic heterocycles. The lowest BCUT2D eigenvalue weighted by Gasteiger charge is -2.19. The number of para-hydroxylation sites is 1. The average Bonchev–Trinajstić information content (AvgIpc) is 2.99. The summed E-state index contributed by atoms with van der Waals surface area (Å²) in [5.41, 5.74) is 0.772. The van der Waals surface area contributed by atoms with Crippen LogP contribution in [0, 0.1) is 0 Å². The number of piperidine rings is 1. The number of carbonyl (C=O) groups excluding carboxylic acids is 1. The second kappa shape index (κ2) is 6.11. The Balaban J connectivity index is 1.68. The highest BCUT2D eigenvalue weighted by atomic mass is 32.1. The number of hydrogen-bond donors (Lipinski definition) is 2. The topological polar surface area (TPSA) is 66.9 Å². The molecule has 20 heavy (non-hydrogen) atoms. The molecule has 5 nitrogen and oxygen atoms in total. The molecular weight excluding hydrogens is 272 g/mol. The summed E-state index contributed by atoms with van der Waals surface area (Å²) in [5.74, 6) is 0.197. The number of aromatic nitrogens is 2. The van der Waals surface area contributed by atoms with Crippen LogP contribution in [0.15, 0.2) is 30.3 Å². The summed E-state index contributed by atoms with van der Waals surface area (Å²) in [7, 11) is 0. The molecule has 3 rings (SSSR count). The zero-order valence-electron chi connectivity index (χ0n) is 11.0. The van der Waals surface area contributed by atoms with Gasteiger partial charge in [0.1, 0.15) is 5.01 Å². The van der Waals surface area contributed by atoms with Gasteiger partial charge in [0.2, 0.25) is 5.01 Å². The first-order valence-corrected chi connectivity index (χ1v) is 7.55. The van der Waals surface area contributed by atoms with Crippen LogP contribution in [0.4, 0.5) is 5.69 Å². The van der Waals surface area contributed by atoms with E-state index in [9.17, 15) is 4.79 Å². The van der Waals surface area contributed by atoms with Gasteiger partial charge in [-0.15, -0.1) is 10.2 Å². The summed E-state index contributed by atoms with van der Waals surface area (Å²) < 4.78 is 0. The molecule has 1 aliphatic rings. The normalized spacial score (nSPS) is 18.7. The largest absolute Gasteiger partial charge is 0.320 e. The number of benzene rings is 1. The van der Waals surface area contributed by atoms with Gasteiger partial charge in [-0.2, -0.15) is 0 Å². The van der Waals surface area contributed by atoms with Crippen molar-refractivity contribution in [1.29, 1.82) is 0 Å². The molecule has 104 valence electrons. The highest BCUT2D eigenvalue weighted by Crippen LogP contribution is 2.26. The van der Waals surface area contributed by atoms with Crippen LogP contribution < -0.4 is 10.6 Å². The smallest absolute Gasteiger partial charge is 0.286 e. The van der Waals surface area contributed by atoms with Gasteiger partial charge in [0.05, 0.1) is 0 Å². The van der Waals surface area contributed by atoms with Crippen molar-refractivity contribution in [1.82, 2.24) is 15.5 Å². The zero-order valence-corrected chi connectivity index (χ0v) is 11.8. The summed E-state index contributed by atoms with van der Waals surface area (Å²) in [5, 5.41) is 15.7. The van der Waals surface area contributed by atoms with Crippen molar-refractivity contribution in [2.45, 2.75) is 18.8 Å². The lowest BCUT2D eigenvalue weighted by Crippen LogP contribution is -2.28. The first kappa shape index (κ1) is 13.2. The highest BCUT2D eigenvalue weighted by Gasteiger charge is 2.21. The molecule has 1 atom stereocenters. The monoisotopic (exact) mass is 288 g/mol. The van der Waals surface area contributed by atoms with Gasteiger partial charge in [-0.1, -0.05) is 29.5 Å². The van der Waals surface area contributed by atoms with Crippen LogP contribution >= 0.6 is 11.3 Å². The fourth-order valence-corrected chi connectivity index (χ4v) is 3.13. The predicted molar refractivity (Wildman–Crippen MR) is 79.1 cm³/mol. The quantitative estimate of drug-likeness (QED) is 0.909. The minimum absolute atomic E-state index is 0.191. The lowest BCUT2D eigenvalue weighted by atomic mass is 10.0. The summed E-state index contributed by atoms with van der Waals surface area (Å²) in [6, 6.07) is 9.38. The van der Waals surface area contributed by atoms with Gasteiger partial charge in [-0.3, -0.25) is 4.79 Å². The Morgan fingerprint density at radius 3 is 2.90 bits per heavy atom. The molecular formula is C14H16N4OS. The van der Waals surface area contributed by atoms with E-state index in [0.29, 0.717) is 10.9 Å². The Morgan fingerprint density at radius 2 is 2.15 bits per heavy atom. The maximum Gasteiger partial charge on any atom is 0.286 e. The third kappa shape index (κ3) is 3.02. The molecule has 0 aliphatic carbocycles. The van der Waals surface area contributed by atoms with Crippen LogP contribution in [0.25, 0.3) is 0 Å².